The molecule has 158 valence electrons. The summed E-state index contributed by atoms with van der Waals surface area (Å²) in [5.41, 5.74) is 1.62. The van der Waals surface area contributed by atoms with Crippen LogP contribution < -0.4 is 10.0 Å². The van der Waals surface area contributed by atoms with E-state index in [0.29, 0.717) is 22.5 Å². The number of hydrogen-bond donors (Lipinski definition) is 2. The van der Waals surface area contributed by atoms with Crippen molar-refractivity contribution in [3.63, 3.8) is 0 Å². The average molecular weight is 429 g/mol. The maximum absolute atomic E-state index is 12.5. The molecule has 2 aromatic rings. The number of nitrogens with one attached hydrogen (secondary N) is 2. The van der Waals surface area contributed by atoms with E-state index in [4.69, 9.17) is 0 Å². The number of carbonyl (C=O) groups is 3. The molecule has 2 N–H and O–H groups in total. The van der Waals surface area contributed by atoms with Crippen LogP contribution in [0.1, 0.15) is 58.8 Å². The summed E-state index contributed by atoms with van der Waals surface area (Å²) in [5.74, 6) is -1.16. The van der Waals surface area contributed by atoms with Crippen molar-refractivity contribution in [1.82, 2.24) is 4.90 Å². The predicted octanol–water partition coefficient (Wildman–Crippen LogP) is 3.09. The Bertz CT molecular complexity index is 1120. The number of rotatable bonds is 6. The Morgan fingerprint density at radius 3 is 2.00 bits per heavy atom. The number of benzene rings is 2. The van der Waals surface area contributed by atoms with Gasteiger partial charge in [-0.2, -0.15) is 0 Å². The lowest BCUT2D eigenvalue weighted by atomic mass is 10.1. The van der Waals surface area contributed by atoms with Crippen LogP contribution in [0.25, 0.3) is 0 Å². The molecule has 30 heavy (non-hydrogen) atoms. The number of hydrogen-bond acceptors (Lipinski definition) is 5. The first kappa shape index (κ1) is 21.5. The van der Waals surface area contributed by atoms with Crippen LogP contribution in [0.15, 0.2) is 42.5 Å². The monoisotopic (exact) mass is 429 g/mol. The van der Waals surface area contributed by atoms with Gasteiger partial charge in [0.2, 0.25) is 10.0 Å². The number of amides is 3. The molecule has 1 aliphatic rings. The Morgan fingerprint density at radius 2 is 1.43 bits per heavy atom. The number of carbonyl (C=O) groups excluding carboxylic acids is 3. The third kappa shape index (κ3) is 4.06. The van der Waals surface area contributed by atoms with Gasteiger partial charge in [-0.25, -0.2) is 8.42 Å². The van der Waals surface area contributed by atoms with Gasteiger partial charge in [0.1, 0.15) is 0 Å². The van der Waals surface area contributed by atoms with Crippen molar-refractivity contribution < 1.29 is 22.8 Å². The molecule has 0 radical (unpaired) electrons. The highest BCUT2D eigenvalue weighted by Gasteiger charge is 2.37. The smallest absolute Gasteiger partial charge is 0.261 e. The summed E-state index contributed by atoms with van der Waals surface area (Å²) in [6.45, 7) is 6.66. The molecule has 0 saturated heterocycles. The first-order chi connectivity index (χ1) is 14.0. The summed E-state index contributed by atoms with van der Waals surface area (Å²) in [4.78, 5) is 38.6. The topological polar surface area (TPSA) is 113 Å². The van der Waals surface area contributed by atoms with Crippen molar-refractivity contribution in [1.29, 1.82) is 0 Å². The van der Waals surface area contributed by atoms with Gasteiger partial charge in [-0.1, -0.05) is 0 Å². The fourth-order valence-corrected chi connectivity index (χ4v) is 3.68. The maximum Gasteiger partial charge on any atom is 0.261 e. The van der Waals surface area contributed by atoms with Gasteiger partial charge in [0, 0.05) is 23.0 Å². The Kier molecular flexibility index (Phi) is 5.67. The minimum Gasteiger partial charge on any atom is -0.322 e. The van der Waals surface area contributed by atoms with E-state index >= 15 is 0 Å². The van der Waals surface area contributed by atoms with E-state index in [-0.39, 0.29) is 23.4 Å². The Hall–Kier alpha value is -3.20. The minimum absolute atomic E-state index is 0.255. The molecule has 0 unspecified atom stereocenters. The lowest BCUT2D eigenvalue weighted by molar-refractivity contribution is 0.0608. The van der Waals surface area contributed by atoms with Gasteiger partial charge < -0.3 is 5.32 Å². The second kappa shape index (κ2) is 7.91. The van der Waals surface area contributed by atoms with Gasteiger partial charge in [0.25, 0.3) is 17.7 Å². The molecule has 3 amide bonds. The third-order valence-corrected chi connectivity index (χ3v) is 6.48. The van der Waals surface area contributed by atoms with Crippen molar-refractivity contribution in [2.75, 3.05) is 10.0 Å². The van der Waals surface area contributed by atoms with Gasteiger partial charge in [0.05, 0.1) is 16.4 Å². The molecule has 0 atom stereocenters. The molecule has 8 nitrogen and oxygen atoms in total. The summed E-state index contributed by atoms with van der Waals surface area (Å²) in [7, 11) is -3.47. The van der Waals surface area contributed by atoms with Gasteiger partial charge in [0.15, 0.2) is 0 Å². The van der Waals surface area contributed by atoms with Gasteiger partial charge >= 0.3 is 0 Å². The molecular weight excluding hydrogens is 406 g/mol. The molecule has 0 saturated carbocycles. The zero-order chi connectivity index (χ0) is 22.2. The molecule has 2 aromatic carbocycles. The second-order valence-corrected chi connectivity index (χ2v) is 9.80. The van der Waals surface area contributed by atoms with E-state index < -0.39 is 21.2 Å². The van der Waals surface area contributed by atoms with Crippen molar-refractivity contribution in [2.24, 2.45) is 0 Å². The molecule has 0 fully saturated rings. The van der Waals surface area contributed by atoms with E-state index in [0.717, 1.165) is 0 Å². The first-order valence-electron chi connectivity index (χ1n) is 9.46. The SMILES string of the molecule is CC(C)N1C(=O)c2ccc(NC(=O)c3ccc(NS(=O)(=O)C(C)C)cc3)cc2C1=O. The van der Waals surface area contributed by atoms with E-state index in [2.05, 4.69) is 10.0 Å². The largest absolute Gasteiger partial charge is 0.322 e. The van der Waals surface area contributed by atoms with E-state index in [1.807, 2.05) is 0 Å². The highest BCUT2D eigenvalue weighted by Crippen LogP contribution is 2.27. The highest BCUT2D eigenvalue weighted by atomic mass is 32.2. The minimum atomic E-state index is -3.47. The molecule has 0 aliphatic carbocycles. The fraction of sp³-hybridized carbons (Fsp3) is 0.286. The molecule has 9 heteroatoms. The quantitative estimate of drug-likeness (QED) is 0.685. The van der Waals surface area contributed by atoms with Crippen LogP contribution >= 0.6 is 0 Å². The number of fused-ring (bicyclic) bond motifs is 1. The van der Waals surface area contributed by atoms with E-state index in [1.54, 1.807) is 33.8 Å². The van der Waals surface area contributed by atoms with Crippen LogP contribution in [-0.2, 0) is 10.0 Å². The third-order valence-electron chi connectivity index (χ3n) is 4.72. The van der Waals surface area contributed by atoms with Crippen molar-refractivity contribution in [2.45, 2.75) is 39.0 Å². The Labute approximate surface area is 175 Å². The lowest BCUT2D eigenvalue weighted by Crippen LogP contribution is -2.35. The Morgan fingerprint density at radius 1 is 0.867 bits per heavy atom. The summed E-state index contributed by atoms with van der Waals surface area (Å²) >= 11 is 0. The summed E-state index contributed by atoms with van der Waals surface area (Å²) < 4.78 is 26.3. The van der Waals surface area contributed by atoms with E-state index in [1.165, 1.54) is 41.3 Å². The van der Waals surface area contributed by atoms with Crippen molar-refractivity contribution in [3.8, 4) is 0 Å². The van der Waals surface area contributed by atoms with Gasteiger partial charge in [-0.3, -0.25) is 24.0 Å². The maximum atomic E-state index is 12.5. The molecule has 0 aromatic heterocycles. The van der Waals surface area contributed by atoms with Gasteiger partial charge in [-0.05, 0) is 70.2 Å². The van der Waals surface area contributed by atoms with Crippen molar-refractivity contribution >= 4 is 39.1 Å². The van der Waals surface area contributed by atoms with Crippen LogP contribution in [-0.4, -0.2) is 42.3 Å². The van der Waals surface area contributed by atoms with Crippen LogP contribution in [0, 0.1) is 0 Å². The predicted molar refractivity (Wildman–Crippen MR) is 114 cm³/mol. The molecule has 1 aliphatic heterocycles. The number of nitrogens with zero attached hydrogens (tertiary/aromatic N) is 1. The number of sulfonamides is 1. The molecule has 3 rings (SSSR count). The number of anilines is 2. The zero-order valence-electron chi connectivity index (χ0n) is 17.1. The standard InChI is InChI=1S/C21H23N3O5S/c1-12(2)24-20(26)17-10-9-16(11-18(17)21(24)27)22-19(25)14-5-7-15(8-6-14)23-30(28,29)13(3)4/h5-13,23H,1-4H3,(H,22,25). The van der Waals surface area contributed by atoms with Crippen LogP contribution in [0.3, 0.4) is 0 Å². The van der Waals surface area contributed by atoms with Crippen LogP contribution in [0.5, 0.6) is 0 Å². The molecular formula is C21H23N3O5S. The van der Waals surface area contributed by atoms with Crippen LogP contribution in [0.2, 0.25) is 0 Å². The average Bonchev–Trinajstić information content (AvgIpc) is 2.92. The second-order valence-electron chi connectivity index (χ2n) is 7.56. The van der Waals surface area contributed by atoms with Crippen LogP contribution in [0.4, 0.5) is 11.4 Å². The molecule has 0 bridgehead atoms. The summed E-state index contributed by atoms with van der Waals surface area (Å²) in [6.07, 6.45) is 0. The normalized spacial score (nSPS) is 13.7. The Balaban J connectivity index is 1.75. The number of imide groups is 1. The lowest BCUT2D eigenvalue weighted by Gasteiger charge is -2.17. The van der Waals surface area contributed by atoms with E-state index in [9.17, 15) is 22.8 Å². The highest BCUT2D eigenvalue weighted by molar-refractivity contribution is 7.93. The molecule has 1 heterocycles. The summed E-state index contributed by atoms with van der Waals surface area (Å²) in [5, 5.41) is 2.11. The van der Waals surface area contributed by atoms with Crippen molar-refractivity contribution in [3.05, 3.63) is 59.2 Å². The zero-order valence-corrected chi connectivity index (χ0v) is 17.9. The fourth-order valence-electron chi connectivity index (χ4n) is 2.98. The first-order valence-corrected chi connectivity index (χ1v) is 11.0. The molecule has 0 spiro atoms. The van der Waals surface area contributed by atoms with Gasteiger partial charge in [-0.15, -0.1) is 0 Å². The summed E-state index contributed by atoms with van der Waals surface area (Å²) in [6, 6.07) is 10.3.